The zero-order chi connectivity index (χ0) is 20.5. The number of rotatable bonds is 17. The molecule has 8 nitrogen and oxygen atoms in total. The first-order valence-electron chi connectivity index (χ1n) is 9.64. The van der Waals surface area contributed by atoms with Crippen LogP contribution in [0.1, 0.15) is 51.9 Å². The zero-order valence-corrected chi connectivity index (χ0v) is 17.3. The van der Waals surface area contributed by atoms with Gasteiger partial charge in [-0.3, -0.25) is 9.59 Å². The van der Waals surface area contributed by atoms with Gasteiger partial charge in [-0.05, 0) is 12.8 Å². The maximum atomic E-state index is 11.9. The number of unbranched alkanes of at least 4 members (excludes halogenated alkanes) is 1. The SMILES string of the molecule is CCC/C=C/CC(=O)NCC[N+](CCO)(CCCC(=O)[O-])CCCC(=O)O.[Li+]. The Bertz CT molecular complexity index is 465. The van der Waals surface area contributed by atoms with Crippen molar-refractivity contribution >= 4 is 17.8 Å². The summed E-state index contributed by atoms with van der Waals surface area (Å²) >= 11 is 0. The number of hydrogen-bond donors (Lipinski definition) is 3. The van der Waals surface area contributed by atoms with Gasteiger partial charge in [0.2, 0.25) is 5.91 Å². The van der Waals surface area contributed by atoms with Crippen molar-refractivity contribution in [2.45, 2.75) is 51.9 Å². The Morgan fingerprint density at radius 1 is 1.04 bits per heavy atom. The minimum Gasteiger partial charge on any atom is -0.550 e. The molecule has 28 heavy (non-hydrogen) atoms. The number of quaternary nitrogens is 1. The molecule has 156 valence electrons. The topological polar surface area (TPSA) is 127 Å². The zero-order valence-electron chi connectivity index (χ0n) is 17.3. The summed E-state index contributed by atoms with van der Waals surface area (Å²) in [6.07, 6.45) is 6.81. The number of carbonyl (C=O) groups is 3. The second kappa shape index (κ2) is 17.7. The van der Waals surface area contributed by atoms with Crippen molar-refractivity contribution in [3.8, 4) is 0 Å². The number of aliphatic hydroxyl groups excluding tert-OH is 1. The Morgan fingerprint density at radius 3 is 2.21 bits per heavy atom. The molecule has 0 aliphatic heterocycles. The number of aliphatic carboxylic acids is 2. The van der Waals surface area contributed by atoms with E-state index in [1.165, 1.54) is 0 Å². The average molecular weight is 393 g/mol. The molecule has 0 saturated heterocycles. The molecular formula is C19H34LiN2O6+. The molecule has 0 spiro atoms. The molecule has 3 N–H and O–H groups in total. The van der Waals surface area contributed by atoms with Crippen LogP contribution in [0.3, 0.4) is 0 Å². The van der Waals surface area contributed by atoms with E-state index in [2.05, 4.69) is 12.2 Å². The molecule has 0 aromatic carbocycles. The van der Waals surface area contributed by atoms with Gasteiger partial charge in [-0.25, -0.2) is 0 Å². The number of carboxylic acid groups (broad SMARTS) is 2. The van der Waals surface area contributed by atoms with Crippen molar-refractivity contribution in [2.24, 2.45) is 0 Å². The van der Waals surface area contributed by atoms with E-state index in [9.17, 15) is 24.6 Å². The van der Waals surface area contributed by atoms with Gasteiger partial charge >= 0.3 is 24.8 Å². The van der Waals surface area contributed by atoms with Gasteiger partial charge in [-0.15, -0.1) is 0 Å². The summed E-state index contributed by atoms with van der Waals surface area (Å²) in [4.78, 5) is 33.4. The molecule has 0 rings (SSSR count). The molecule has 0 aromatic heterocycles. The number of aliphatic hydroxyl groups is 1. The quantitative estimate of drug-likeness (QED) is 0.138. The van der Waals surface area contributed by atoms with Crippen LogP contribution in [-0.2, 0) is 14.4 Å². The van der Waals surface area contributed by atoms with E-state index < -0.39 is 11.9 Å². The van der Waals surface area contributed by atoms with E-state index in [4.69, 9.17) is 5.11 Å². The normalized spacial score (nSPS) is 12.9. The van der Waals surface area contributed by atoms with Crippen LogP contribution in [-0.4, -0.2) is 71.9 Å². The van der Waals surface area contributed by atoms with Crippen molar-refractivity contribution < 1.29 is 53.0 Å². The summed E-state index contributed by atoms with van der Waals surface area (Å²) in [6, 6.07) is 0. The average Bonchev–Trinajstić information content (AvgIpc) is 2.58. The van der Waals surface area contributed by atoms with Gasteiger partial charge in [0.15, 0.2) is 0 Å². The number of amides is 1. The maximum Gasteiger partial charge on any atom is 1.00 e. The molecule has 0 aliphatic rings. The van der Waals surface area contributed by atoms with Crippen LogP contribution in [0, 0.1) is 0 Å². The van der Waals surface area contributed by atoms with Crippen molar-refractivity contribution in [1.82, 2.24) is 5.32 Å². The van der Waals surface area contributed by atoms with Crippen LogP contribution in [0.5, 0.6) is 0 Å². The fourth-order valence-electron chi connectivity index (χ4n) is 2.99. The first-order valence-corrected chi connectivity index (χ1v) is 9.64. The molecule has 1 amide bonds. The maximum absolute atomic E-state index is 11.9. The van der Waals surface area contributed by atoms with Crippen LogP contribution in [0.4, 0.5) is 0 Å². The largest absolute Gasteiger partial charge is 1.00 e. The fourth-order valence-corrected chi connectivity index (χ4v) is 2.99. The van der Waals surface area contributed by atoms with E-state index >= 15 is 0 Å². The molecule has 0 radical (unpaired) electrons. The monoisotopic (exact) mass is 393 g/mol. The molecule has 0 bridgehead atoms. The van der Waals surface area contributed by atoms with E-state index in [0.29, 0.717) is 56.5 Å². The first-order chi connectivity index (χ1) is 12.8. The molecule has 0 saturated carbocycles. The Morgan fingerprint density at radius 2 is 1.68 bits per heavy atom. The van der Waals surface area contributed by atoms with Crippen molar-refractivity contribution in [3.05, 3.63) is 12.2 Å². The Hall–Kier alpha value is -1.33. The molecule has 9 heteroatoms. The molecule has 1 unspecified atom stereocenters. The molecule has 0 fully saturated rings. The van der Waals surface area contributed by atoms with Crippen LogP contribution in [0.25, 0.3) is 0 Å². The van der Waals surface area contributed by atoms with E-state index in [0.717, 1.165) is 12.8 Å². The predicted molar refractivity (Wildman–Crippen MR) is 99.6 cm³/mol. The third kappa shape index (κ3) is 15.7. The van der Waals surface area contributed by atoms with Crippen LogP contribution >= 0.6 is 0 Å². The van der Waals surface area contributed by atoms with E-state index in [-0.39, 0.29) is 44.2 Å². The van der Waals surface area contributed by atoms with Crippen molar-refractivity contribution in [3.63, 3.8) is 0 Å². The van der Waals surface area contributed by atoms with Gasteiger partial charge in [0.05, 0.1) is 39.2 Å². The third-order valence-electron chi connectivity index (χ3n) is 4.44. The van der Waals surface area contributed by atoms with Gasteiger partial charge in [0.25, 0.3) is 0 Å². The van der Waals surface area contributed by atoms with Crippen LogP contribution in [0.2, 0.25) is 0 Å². The summed E-state index contributed by atoms with van der Waals surface area (Å²) in [7, 11) is 0. The second-order valence-electron chi connectivity index (χ2n) is 6.75. The van der Waals surface area contributed by atoms with Crippen LogP contribution < -0.4 is 29.3 Å². The van der Waals surface area contributed by atoms with E-state index in [1.54, 1.807) is 0 Å². The number of allylic oxidation sites excluding steroid dienone is 1. The van der Waals surface area contributed by atoms with Crippen LogP contribution in [0.15, 0.2) is 12.2 Å². The molecule has 0 aliphatic carbocycles. The molecule has 0 aromatic rings. The van der Waals surface area contributed by atoms with Gasteiger partial charge in [0.1, 0.15) is 6.54 Å². The van der Waals surface area contributed by atoms with Crippen molar-refractivity contribution in [1.29, 1.82) is 0 Å². The summed E-state index contributed by atoms with van der Waals surface area (Å²) < 4.78 is 0.378. The molecule has 1 atom stereocenters. The minimum atomic E-state index is -1.13. The first kappa shape index (κ1) is 28.9. The summed E-state index contributed by atoms with van der Waals surface area (Å²) in [6.45, 7) is 4.25. The van der Waals surface area contributed by atoms with Crippen molar-refractivity contribution in [2.75, 3.05) is 39.3 Å². The smallest absolute Gasteiger partial charge is 0.550 e. The number of carboxylic acids is 2. The van der Waals surface area contributed by atoms with Gasteiger partial charge in [-0.2, -0.15) is 0 Å². The van der Waals surface area contributed by atoms with Gasteiger partial charge in [-0.1, -0.05) is 25.5 Å². The Labute approximate surface area is 179 Å². The minimum absolute atomic E-state index is 0. The van der Waals surface area contributed by atoms with Gasteiger partial charge < -0.3 is 29.9 Å². The Kier molecular flexibility index (Phi) is 18.3. The number of nitrogens with zero attached hydrogens (tertiary/aromatic N) is 1. The van der Waals surface area contributed by atoms with Gasteiger partial charge in [0, 0.05) is 25.2 Å². The summed E-state index contributed by atoms with van der Waals surface area (Å²) in [5.41, 5.74) is 0. The standard InChI is InChI=1S/C19H34N2O6.Li/c1-2-3-4-5-8-17(23)20-11-14-21(15-16-22,12-6-9-18(24)25)13-7-10-19(26)27;/h4-5,22H,2-3,6-16H2,1H3,(H2-,20,23,24,25,26,27);/q;+1/b5-4+;. The number of carbonyl (C=O) groups excluding carboxylic acids is 2. The summed E-state index contributed by atoms with van der Waals surface area (Å²) in [5, 5.41) is 31.8. The third-order valence-corrected chi connectivity index (χ3v) is 4.44. The van der Waals surface area contributed by atoms with E-state index in [1.807, 2.05) is 12.2 Å². The second-order valence-corrected chi connectivity index (χ2v) is 6.75. The number of hydrogen-bond acceptors (Lipinski definition) is 5. The summed E-state index contributed by atoms with van der Waals surface area (Å²) in [5.74, 6) is -2.11. The Balaban J connectivity index is 0. The molecular weight excluding hydrogens is 359 g/mol. The fraction of sp³-hybridized carbons (Fsp3) is 0.737. The molecule has 0 heterocycles. The predicted octanol–water partition coefficient (Wildman–Crippen LogP) is -2.94. The number of nitrogens with one attached hydrogen (secondary N) is 1.